The minimum absolute atomic E-state index is 0.863. The third kappa shape index (κ3) is 4.03. The first kappa shape index (κ1) is 27.6. The van der Waals surface area contributed by atoms with E-state index in [1.807, 2.05) is 17.4 Å². The molecule has 0 aliphatic heterocycles. The van der Waals surface area contributed by atoms with E-state index in [4.69, 9.17) is 8.83 Å². The Morgan fingerprint density at radius 2 is 1.14 bits per heavy atom. The first-order chi connectivity index (χ1) is 24.8. The molecule has 11 aromatic rings. The van der Waals surface area contributed by atoms with Crippen LogP contribution >= 0.6 is 11.3 Å². The van der Waals surface area contributed by atoms with Gasteiger partial charge in [0.25, 0.3) is 0 Å². The predicted molar refractivity (Wildman–Crippen MR) is 212 cm³/mol. The van der Waals surface area contributed by atoms with E-state index in [0.29, 0.717) is 0 Å². The number of hydrogen-bond donors (Lipinski definition) is 0. The van der Waals surface area contributed by atoms with Crippen molar-refractivity contribution in [2.24, 2.45) is 0 Å². The topological polar surface area (TPSA) is 29.5 Å². The smallest absolute Gasteiger partial charge is 0.144 e. The molecule has 3 heterocycles. The van der Waals surface area contributed by atoms with Gasteiger partial charge in [-0.05, 0) is 70.4 Å². The van der Waals surface area contributed by atoms with Gasteiger partial charge in [0.1, 0.15) is 22.3 Å². The molecule has 234 valence electrons. The quantitative estimate of drug-likeness (QED) is 0.189. The summed E-state index contributed by atoms with van der Waals surface area (Å²) in [5, 5.41) is 9.25. The van der Waals surface area contributed by atoms with Gasteiger partial charge >= 0.3 is 0 Å². The molecule has 0 aliphatic carbocycles. The Labute approximate surface area is 290 Å². The van der Waals surface area contributed by atoms with Gasteiger partial charge in [0.15, 0.2) is 0 Å². The zero-order valence-corrected chi connectivity index (χ0v) is 27.6. The fourth-order valence-electron chi connectivity index (χ4n) is 7.75. The summed E-state index contributed by atoms with van der Waals surface area (Å²) >= 11 is 1.81. The van der Waals surface area contributed by atoms with Gasteiger partial charge in [0.2, 0.25) is 0 Å². The lowest BCUT2D eigenvalue weighted by molar-refractivity contribution is 0.669. The van der Waals surface area contributed by atoms with Crippen LogP contribution in [0.5, 0.6) is 0 Å². The molecule has 11 rings (SSSR count). The van der Waals surface area contributed by atoms with Crippen LogP contribution in [0.3, 0.4) is 0 Å². The summed E-state index contributed by atoms with van der Waals surface area (Å²) in [5.74, 6) is 0. The van der Waals surface area contributed by atoms with E-state index in [-0.39, 0.29) is 0 Å². The summed E-state index contributed by atoms with van der Waals surface area (Å²) in [5.41, 5.74) is 9.16. The van der Waals surface area contributed by atoms with Crippen molar-refractivity contribution in [3.63, 3.8) is 0 Å². The fourth-order valence-corrected chi connectivity index (χ4v) is 8.95. The maximum atomic E-state index is 6.64. The van der Waals surface area contributed by atoms with Gasteiger partial charge < -0.3 is 13.7 Å². The lowest BCUT2D eigenvalue weighted by Crippen LogP contribution is -2.10. The maximum Gasteiger partial charge on any atom is 0.144 e. The highest BCUT2D eigenvalue weighted by Gasteiger charge is 2.24. The summed E-state index contributed by atoms with van der Waals surface area (Å²) in [7, 11) is 0. The second kappa shape index (κ2) is 10.6. The average molecular weight is 658 g/mol. The normalized spacial score (nSPS) is 12.0. The molecule has 0 N–H and O–H groups in total. The van der Waals surface area contributed by atoms with Crippen LogP contribution in [0, 0.1) is 0 Å². The fraction of sp³-hybridized carbons (Fsp3) is 0. The SMILES string of the molecule is c1ccc(-c2ccc(N(c3ccc4c(c3)oc3ccc5ccccc5c34)c3cc4c5ccccc5oc4c4c3sc3ccccc34)cc2)cc1. The van der Waals surface area contributed by atoms with E-state index in [1.165, 1.54) is 36.7 Å². The first-order valence-corrected chi connectivity index (χ1v) is 17.7. The Balaban J connectivity index is 1.21. The Morgan fingerprint density at radius 1 is 0.420 bits per heavy atom. The van der Waals surface area contributed by atoms with Gasteiger partial charge in [-0.2, -0.15) is 0 Å². The molecule has 0 spiro atoms. The highest BCUT2D eigenvalue weighted by Crippen LogP contribution is 2.50. The molecule has 4 heteroatoms. The van der Waals surface area contributed by atoms with Crippen LogP contribution in [0.4, 0.5) is 17.1 Å². The van der Waals surface area contributed by atoms with Crippen LogP contribution in [0.15, 0.2) is 173 Å². The molecule has 0 saturated heterocycles. The first-order valence-electron chi connectivity index (χ1n) is 16.8. The van der Waals surface area contributed by atoms with Crippen LogP contribution in [-0.4, -0.2) is 0 Å². The summed E-state index contributed by atoms with van der Waals surface area (Å²) in [6, 6.07) is 58.2. The summed E-state index contributed by atoms with van der Waals surface area (Å²) < 4.78 is 15.7. The largest absolute Gasteiger partial charge is 0.456 e. The monoisotopic (exact) mass is 657 g/mol. The highest BCUT2D eigenvalue weighted by atomic mass is 32.1. The van der Waals surface area contributed by atoms with Crippen molar-refractivity contribution in [3.05, 3.63) is 164 Å². The predicted octanol–water partition coefficient (Wildman–Crippen LogP) is 14.1. The van der Waals surface area contributed by atoms with Crippen molar-refractivity contribution in [2.75, 3.05) is 4.90 Å². The molecule has 0 radical (unpaired) electrons. The molecular formula is C46H27NO2S. The second-order valence-corrected chi connectivity index (χ2v) is 13.9. The van der Waals surface area contributed by atoms with Crippen molar-refractivity contribution in [1.82, 2.24) is 0 Å². The number of nitrogens with zero attached hydrogens (tertiary/aromatic N) is 1. The third-order valence-electron chi connectivity index (χ3n) is 10.0. The Morgan fingerprint density at radius 3 is 2.02 bits per heavy atom. The third-order valence-corrected chi connectivity index (χ3v) is 11.2. The molecule has 3 nitrogen and oxygen atoms in total. The zero-order valence-electron chi connectivity index (χ0n) is 26.8. The number of para-hydroxylation sites is 1. The maximum absolute atomic E-state index is 6.64. The average Bonchev–Trinajstić information content (AvgIpc) is 3.87. The number of anilines is 3. The molecule has 0 amide bonds. The van der Waals surface area contributed by atoms with Gasteiger partial charge in [-0.3, -0.25) is 0 Å². The van der Waals surface area contributed by atoms with Crippen LogP contribution in [0.25, 0.3) is 85.9 Å². The van der Waals surface area contributed by atoms with Crippen LogP contribution in [-0.2, 0) is 0 Å². The van der Waals surface area contributed by atoms with E-state index in [0.717, 1.165) is 66.3 Å². The van der Waals surface area contributed by atoms with E-state index in [2.05, 4.69) is 163 Å². The minimum Gasteiger partial charge on any atom is -0.456 e. The lowest BCUT2D eigenvalue weighted by Gasteiger charge is -2.26. The van der Waals surface area contributed by atoms with Gasteiger partial charge in [-0.1, -0.05) is 109 Å². The number of benzene rings is 8. The molecule has 0 bridgehead atoms. The molecule has 0 aliphatic rings. The molecule has 3 aromatic heterocycles. The van der Waals surface area contributed by atoms with Crippen molar-refractivity contribution < 1.29 is 8.83 Å². The minimum atomic E-state index is 0.863. The van der Waals surface area contributed by atoms with E-state index < -0.39 is 0 Å². The van der Waals surface area contributed by atoms with E-state index in [9.17, 15) is 0 Å². The summed E-state index contributed by atoms with van der Waals surface area (Å²) in [4.78, 5) is 2.39. The number of hydrogen-bond acceptors (Lipinski definition) is 4. The van der Waals surface area contributed by atoms with Crippen molar-refractivity contribution in [2.45, 2.75) is 0 Å². The number of fused-ring (bicyclic) bond motifs is 12. The van der Waals surface area contributed by atoms with Crippen molar-refractivity contribution in [1.29, 1.82) is 0 Å². The van der Waals surface area contributed by atoms with E-state index >= 15 is 0 Å². The van der Waals surface area contributed by atoms with Gasteiger partial charge in [-0.25, -0.2) is 0 Å². The highest BCUT2D eigenvalue weighted by molar-refractivity contribution is 7.26. The second-order valence-electron chi connectivity index (χ2n) is 12.9. The molecule has 8 aromatic carbocycles. The van der Waals surface area contributed by atoms with Gasteiger partial charge in [-0.15, -0.1) is 11.3 Å². The summed E-state index contributed by atoms with van der Waals surface area (Å²) in [6.45, 7) is 0. The number of furan rings is 2. The molecule has 0 atom stereocenters. The molecular weight excluding hydrogens is 631 g/mol. The van der Waals surface area contributed by atoms with Crippen LogP contribution < -0.4 is 4.90 Å². The number of rotatable bonds is 4. The van der Waals surface area contributed by atoms with Crippen LogP contribution in [0.2, 0.25) is 0 Å². The Hall–Kier alpha value is -6.36. The van der Waals surface area contributed by atoms with Gasteiger partial charge in [0.05, 0.1) is 10.4 Å². The molecule has 50 heavy (non-hydrogen) atoms. The lowest BCUT2D eigenvalue weighted by atomic mass is 10.0. The Kier molecular flexibility index (Phi) is 5.83. The molecule has 0 unspecified atom stereocenters. The number of thiophene rings is 1. The van der Waals surface area contributed by atoms with Crippen LogP contribution in [0.1, 0.15) is 0 Å². The Bertz CT molecular complexity index is 3090. The van der Waals surface area contributed by atoms with Gasteiger partial charge in [0, 0.05) is 54.5 Å². The van der Waals surface area contributed by atoms with Crippen molar-refractivity contribution >= 4 is 103 Å². The summed E-state index contributed by atoms with van der Waals surface area (Å²) in [6.07, 6.45) is 0. The molecule has 0 fully saturated rings. The zero-order chi connectivity index (χ0) is 32.8. The van der Waals surface area contributed by atoms with Crippen molar-refractivity contribution in [3.8, 4) is 11.1 Å². The molecule has 0 saturated carbocycles. The van der Waals surface area contributed by atoms with E-state index in [1.54, 1.807) is 0 Å². The standard InChI is InChI=1S/C46H27NO2S/c1-2-10-28(11-3-1)29-18-21-31(22-19-29)47(32-23-24-35-41(26-32)48-40-25-20-30-12-4-5-13-33(30)43(35)40)38-27-37-34-14-6-8-16-39(34)49-45(37)44-36-15-7-9-17-42(36)50-46(38)44/h1-27H.